The van der Waals surface area contributed by atoms with Gasteiger partial charge in [0.05, 0.1) is 12.1 Å². The molecule has 8 nitrogen and oxygen atoms in total. The van der Waals surface area contributed by atoms with Crippen LogP contribution in [0, 0.1) is 0 Å². The predicted molar refractivity (Wildman–Crippen MR) is 105 cm³/mol. The summed E-state index contributed by atoms with van der Waals surface area (Å²) in [5.74, 6) is 1.82. The maximum absolute atomic E-state index is 12.5. The van der Waals surface area contributed by atoms with Gasteiger partial charge in [-0.15, -0.1) is 21.5 Å². The van der Waals surface area contributed by atoms with Crippen molar-refractivity contribution in [3.05, 3.63) is 53.8 Å². The molecule has 5 heterocycles. The lowest BCUT2D eigenvalue weighted by molar-refractivity contribution is -0.121. The minimum Gasteiger partial charge on any atom is -0.353 e. The molecule has 0 spiro atoms. The zero-order valence-electron chi connectivity index (χ0n) is 15.2. The van der Waals surface area contributed by atoms with Crippen LogP contribution in [0.1, 0.15) is 24.4 Å². The zero-order valence-corrected chi connectivity index (χ0v) is 16.0. The van der Waals surface area contributed by atoms with Crippen LogP contribution in [-0.4, -0.2) is 41.1 Å². The molecule has 1 amide bonds. The molecule has 0 radical (unpaired) electrons. The summed E-state index contributed by atoms with van der Waals surface area (Å²) in [6, 6.07) is 4.01. The molecular weight excluding hydrogens is 374 g/mol. The summed E-state index contributed by atoms with van der Waals surface area (Å²) in [7, 11) is 0. The third kappa shape index (κ3) is 3.29. The second-order valence-electron chi connectivity index (χ2n) is 6.93. The summed E-state index contributed by atoms with van der Waals surface area (Å²) < 4.78 is 4.09. The second-order valence-corrected chi connectivity index (χ2v) is 7.80. The lowest BCUT2D eigenvalue weighted by Gasteiger charge is -2.15. The maximum Gasteiger partial charge on any atom is 0.226 e. The van der Waals surface area contributed by atoms with Crippen molar-refractivity contribution in [2.24, 2.45) is 0 Å². The number of fused-ring (bicyclic) bond motifs is 2. The fraction of sp³-hybridized carbons (Fsp3) is 0.316. The molecular formula is C19H19N7OS. The molecule has 5 rings (SSSR count). The maximum atomic E-state index is 12.5. The Kier molecular flexibility index (Phi) is 4.36. The van der Waals surface area contributed by atoms with Gasteiger partial charge in [0, 0.05) is 54.7 Å². The van der Waals surface area contributed by atoms with E-state index in [0.29, 0.717) is 6.42 Å². The number of aromatic nitrogens is 6. The van der Waals surface area contributed by atoms with Crippen molar-refractivity contribution in [3.8, 4) is 11.4 Å². The third-order valence-corrected chi connectivity index (χ3v) is 5.79. The highest BCUT2D eigenvalue weighted by atomic mass is 32.1. The molecule has 1 aliphatic heterocycles. The van der Waals surface area contributed by atoms with Gasteiger partial charge in [-0.1, -0.05) is 0 Å². The van der Waals surface area contributed by atoms with Gasteiger partial charge in [-0.2, -0.15) is 0 Å². The first-order chi connectivity index (χ1) is 13.8. The van der Waals surface area contributed by atoms with E-state index in [1.165, 1.54) is 0 Å². The van der Waals surface area contributed by atoms with Gasteiger partial charge >= 0.3 is 0 Å². The zero-order chi connectivity index (χ0) is 18.9. The first-order valence-corrected chi connectivity index (χ1v) is 10.2. The number of rotatable bonds is 4. The van der Waals surface area contributed by atoms with Gasteiger partial charge in [-0.25, -0.2) is 4.98 Å². The average Bonchev–Trinajstić information content (AvgIpc) is 3.36. The van der Waals surface area contributed by atoms with E-state index >= 15 is 0 Å². The number of nitrogens with zero attached hydrogens (tertiary/aromatic N) is 6. The lowest BCUT2D eigenvalue weighted by atomic mass is 10.1. The number of carbonyl (C=O) groups excluding carboxylic acids is 1. The minimum atomic E-state index is 0.0147. The average molecular weight is 393 g/mol. The molecule has 4 aromatic rings. The highest BCUT2D eigenvalue weighted by Crippen LogP contribution is 2.22. The van der Waals surface area contributed by atoms with E-state index in [0.717, 1.165) is 53.7 Å². The number of hydrogen-bond donors (Lipinski definition) is 1. The summed E-state index contributed by atoms with van der Waals surface area (Å²) in [5, 5.41) is 13.8. The van der Waals surface area contributed by atoms with Crippen molar-refractivity contribution in [1.29, 1.82) is 0 Å². The van der Waals surface area contributed by atoms with Crippen molar-refractivity contribution in [2.75, 3.05) is 0 Å². The third-order valence-electron chi connectivity index (χ3n) is 5.01. The molecule has 1 atom stereocenters. The first-order valence-electron chi connectivity index (χ1n) is 9.29. The van der Waals surface area contributed by atoms with Crippen molar-refractivity contribution >= 4 is 22.2 Å². The Balaban J connectivity index is 1.24. The van der Waals surface area contributed by atoms with Crippen molar-refractivity contribution in [3.63, 3.8) is 0 Å². The van der Waals surface area contributed by atoms with E-state index in [1.807, 2.05) is 34.3 Å². The number of hydrogen-bond acceptors (Lipinski definition) is 6. The monoisotopic (exact) mass is 393 g/mol. The van der Waals surface area contributed by atoms with Crippen LogP contribution in [0.3, 0.4) is 0 Å². The number of amides is 1. The van der Waals surface area contributed by atoms with Crippen LogP contribution in [0.4, 0.5) is 0 Å². The number of imidazole rings is 1. The lowest BCUT2D eigenvalue weighted by Crippen LogP contribution is -2.36. The van der Waals surface area contributed by atoms with Crippen LogP contribution in [0.5, 0.6) is 0 Å². The Bertz CT molecular complexity index is 1090. The van der Waals surface area contributed by atoms with E-state index in [1.54, 1.807) is 23.7 Å². The van der Waals surface area contributed by atoms with Gasteiger partial charge in [0.2, 0.25) is 5.91 Å². The van der Waals surface area contributed by atoms with Gasteiger partial charge in [0.15, 0.2) is 10.8 Å². The normalized spacial score (nSPS) is 16.6. The molecule has 1 aliphatic rings. The van der Waals surface area contributed by atoms with Gasteiger partial charge in [-0.05, 0) is 25.0 Å². The molecule has 142 valence electrons. The quantitative estimate of drug-likeness (QED) is 0.574. The van der Waals surface area contributed by atoms with Crippen LogP contribution < -0.4 is 5.32 Å². The summed E-state index contributed by atoms with van der Waals surface area (Å²) in [6.07, 6.45) is 10.2. The minimum absolute atomic E-state index is 0.0147. The predicted octanol–water partition coefficient (Wildman–Crippen LogP) is 2.11. The molecule has 4 aromatic heterocycles. The van der Waals surface area contributed by atoms with E-state index in [9.17, 15) is 4.79 Å². The number of aryl methyl sites for hydroxylation is 1. The Morgan fingerprint density at radius 3 is 3.14 bits per heavy atom. The molecule has 0 bridgehead atoms. The number of pyridine rings is 1. The summed E-state index contributed by atoms with van der Waals surface area (Å²) in [5.41, 5.74) is 1.76. The standard InChI is InChI=1S/C19H19N7OS/c27-17(10-15-12-25-8-9-28-19(25)22-15)21-14-3-4-16-23-24-18(26(16)7-5-14)13-2-1-6-20-11-13/h1-2,6,8-9,11-12,14H,3-5,7,10H2,(H,21,27). The van der Waals surface area contributed by atoms with Gasteiger partial charge in [0.1, 0.15) is 5.82 Å². The molecule has 0 fully saturated rings. The largest absolute Gasteiger partial charge is 0.353 e. The van der Waals surface area contributed by atoms with Crippen LogP contribution in [-0.2, 0) is 24.2 Å². The molecule has 0 aromatic carbocycles. The number of thiazole rings is 1. The molecule has 28 heavy (non-hydrogen) atoms. The molecule has 0 saturated heterocycles. The van der Waals surface area contributed by atoms with Gasteiger partial charge < -0.3 is 9.88 Å². The molecule has 1 N–H and O–H groups in total. The highest BCUT2D eigenvalue weighted by Gasteiger charge is 2.22. The topological polar surface area (TPSA) is 90.0 Å². The fourth-order valence-electron chi connectivity index (χ4n) is 3.65. The van der Waals surface area contributed by atoms with E-state index in [4.69, 9.17) is 0 Å². The molecule has 0 aliphatic carbocycles. The van der Waals surface area contributed by atoms with Crippen LogP contribution in [0.25, 0.3) is 16.3 Å². The Morgan fingerprint density at radius 2 is 2.29 bits per heavy atom. The van der Waals surface area contributed by atoms with Crippen LogP contribution in [0.2, 0.25) is 0 Å². The Hall–Kier alpha value is -3.07. The summed E-state index contributed by atoms with van der Waals surface area (Å²) in [4.78, 5) is 22.1. The van der Waals surface area contributed by atoms with E-state index < -0.39 is 0 Å². The first kappa shape index (κ1) is 17.1. The van der Waals surface area contributed by atoms with Crippen LogP contribution >= 0.6 is 11.3 Å². The Morgan fingerprint density at radius 1 is 1.32 bits per heavy atom. The van der Waals surface area contributed by atoms with Crippen LogP contribution in [0.15, 0.2) is 42.3 Å². The highest BCUT2D eigenvalue weighted by molar-refractivity contribution is 7.15. The van der Waals surface area contributed by atoms with Crippen molar-refractivity contribution in [1.82, 2.24) is 34.4 Å². The molecule has 1 unspecified atom stereocenters. The summed E-state index contributed by atoms with van der Waals surface area (Å²) in [6.45, 7) is 0.776. The number of nitrogens with one attached hydrogen (secondary N) is 1. The molecule has 9 heteroatoms. The molecule has 0 saturated carbocycles. The van der Waals surface area contributed by atoms with Gasteiger partial charge in [-0.3, -0.25) is 14.2 Å². The van der Waals surface area contributed by atoms with Crippen molar-refractivity contribution < 1.29 is 4.79 Å². The fourth-order valence-corrected chi connectivity index (χ4v) is 4.36. The second kappa shape index (κ2) is 7.16. The SMILES string of the molecule is O=C(Cc1cn2ccsc2n1)NC1CCc2nnc(-c3cccnc3)n2CC1. The summed E-state index contributed by atoms with van der Waals surface area (Å²) >= 11 is 1.57. The smallest absolute Gasteiger partial charge is 0.226 e. The van der Waals surface area contributed by atoms with E-state index in [2.05, 4.69) is 30.0 Å². The Labute approximate surface area is 165 Å². The number of carbonyl (C=O) groups is 1. The van der Waals surface area contributed by atoms with E-state index in [-0.39, 0.29) is 11.9 Å². The van der Waals surface area contributed by atoms with Crippen molar-refractivity contribution in [2.45, 2.75) is 38.3 Å². The van der Waals surface area contributed by atoms with Gasteiger partial charge in [0.25, 0.3) is 0 Å².